The van der Waals surface area contributed by atoms with Gasteiger partial charge in [-0.3, -0.25) is 4.79 Å². The van der Waals surface area contributed by atoms with Gasteiger partial charge in [0.05, 0.1) is 6.61 Å². The second-order valence-corrected chi connectivity index (χ2v) is 6.12. The Morgan fingerprint density at radius 1 is 1.23 bits per heavy atom. The molecule has 124 valence electrons. The second-order valence-electron chi connectivity index (χ2n) is 6.12. The van der Waals surface area contributed by atoms with Crippen LogP contribution in [0.2, 0.25) is 0 Å². The van der Waals surface area contributed by atoms with Crippen molar-refractivity contribution in [2.75, 3.05) is 18.5 Å². The van der Waals surface area contributed by atoms with Crippen LogP contribution in [-0.2, 0) is 9.53 Å². The molecule has 0 aliphatic heterocycles. The summed E-state index contributed by atoms with van der Waals surface area (Å²) in [5.74, 6) is 1.19. The summed E-state index contributed by atoms with van der Waals surface area (Å²) in [5, 5.41) is 2.91. The Labute approximate surface area is 134 Å². The minimum Gasteiger partial charge on any atom is -0.493 e. The number of hydrogen-bond acceptors (Lipinski definition) is 3. The van der Waals surface area contributed by atoms with Crippen molar-refractivity contribution in [3.63, 3.8) is 0 Å². The monoisotopic (exact) mass is 307 g/mol. The molecule has 22 heavy (non-hydrogen) atoms. The Kier molecular flexibility index (Phi) is 7.39. The van der Waals surface area contributed by atoms with Crippen LogP contribution in [-0.4, -0.2) is 24.7 Å². The molecular weight excluding hydrogens is 278 g/mol. The summed E-state index contributed by atoms with van der Waals surface area (Å²) in [7, 11) is 0. The van der Waals surface area contributed by atoms with Crippen LogP contribution in [0.25, 0.3) is 0 Å². The van der Waals surface area contributed by atoms with Crippen LogP contribution in [0.4, 0.5) is 5.69 Å². The number of anilines is 1. The van der Waals surface area contributed by atoms with Crippen LogP contribution in [0.5, 0.6) is 5.75 Å². The number of hydrogen-bond donors (Lipinski definition) is 1. The molecule has 1 aromatic rings. The maximum atomic E-state index is 12.4. The van der Waals surface area contributed by atoms with E-state index in [4.69, 9.17) is 9.47 Å². The molecule has 4 heteroatoms. The van der Waals surface area contributed by atoms with Gasteiger partial charge in [-0.1, -0.05) is 27.7 Å². The van der Waals surface area contributed by atoms with Gasteiger partial charge in [-0.15, -0.1) is 0 Å². The number of nitrogens with one attached hydrogen (secondary N) is 1. The van der Waals surface area contributed by atoms with Gasteiger partial charge >= 0.3 is 0 Å². The first kappa shape index (κ1) is 18.5. The Morgan fingerprint density at radius 3 is 2.36 bits per heavy atom. The molecule has 0 spiro atoms. The van der Waals surface area contributed by atoms with Crippen LogP contribution in [0.15, 0.2) is 24.3 Å². The molecule has 0 bridgehead atoms. The fourth-order valence-corrected chi connectivity index (χ4v) is 1.82. The predicted molar refractivity (Wildman–Crippen MR) is 90.3 cm³/mol. The molecule has 0 fully saturated rings. The third-order valence-corrected chi connectivity index (χ3v) is 3.48. The largest absolute Gasteiger partial charge is 0.493 e. The summed E-state index contributed by atoms with van der Waals surface area (Å²) in [6, 6.07) is 7.44. The molecular formula is C18H29NO3. The lowest BCUT2D eigenvalue weighted by Gasteiger charge is -2.27. The van der Waals surface area contributed by atoms with Crippen molar-refractivity contribution in [3.05, 3.63) is 24.3 Å². The van der Waals surface area contributed by atoms with Gasteiger partial charge in [-0.05, 0) is 49.9 Å². The zero-order valence-corrected chi connectivity index (χ0v) is 14.4. The molecule has 1 N–H and O–H groups in total. The first-order valence-electron chi connectivity index (χ1n) is 8.09. The van der Waals surface area contributed by atoms with Gasteiger partial charge in [0.15, 0.2) is 0 Å². The molecule has 0 saturated heterocycles. The fourth-order valence-electron chi connectivity index (χ4n) is 1.82. The highest BCUT2D eigenvalue weighted by molar-refractivity contribution is 5.97. The molecule has 4 nitrogen and oxygen atoms in total. The zero-order chi connectivity index (χ0) is 16.6. The molecule has 0 unspecified atom stereocenters. The standard InChI is InChI=1S/C18H29NO3/c1-6-12-22-18(5,7-2)17(20)19-15-8-10-16(11-9-15)21-13-14(3)4/h8-11,14H,6-7,12-13H2,1-5H3,(H,19,20)/t18-/m1/s1. The van der Waals surface area contributed by atoms with Crippen molar-refractivity contribution in [1.82, 2.24) is 0 Å². The van der Waals surface area contributed by atoms with E-state index in [0.717, 1.165) is 17.9 Å². The summed E-state index contributed by atoms with van der Waals surface area (Å²) in [5.41, 5.74) is -0.0373. The molecule has 0 aliphatic carbocycles. The van der Waals surface area contributed by atoms with Crippen molar-refractivity contribution in [2.24, 2.45) is 5.92 Å². The van der Waals surface area contributed by atoms with Crippen LogP contribution < -0.4 is 10.1 Å². The lowest BCUT2D eigenvalue weighted by molar-refractivity contribution is -0.139. The van der Waals surface area contributed by atoms with Crippen molar-refractivity contribution in [2.45, 2.75) is 53.1 Å². The van der Waals surface area contributed by atoms with Gasteiger partial charge in [-0.25, -0.2) is 0 Å². The topological polar surface area (TPSA) is 47.6 Å². The number of amides is 1. The molecule has 1 rings (SSSR count). The third kappa shape index (κ3) is 5.68. The molecule has 0 heterocycles. The number of ether oxygens (including phenoxy) is 2. The highest BCUT2D eigenvalue weighted by atomic mass is 16.5. The van der Waals surface area contributed by atoms with Crippen LogP contribution in [0.3, 0.4) is 0 Å². The molecule has 1 atom stereocenters. The Hall–Kier alpha value is -1.55. The van der Waals surface area contributed by atoms with E-state index in [1.807, 2.05) is 45.0 Å². The first-order chi connectivity index (χ1) is 10.4. The van der Waals surface area contributed by atoms with Gasteiger partial charge in [-0.2, -0.15) is 0 Å². The predicted octanol–water partition coefficient (Wildman–Crippen LogP) is 4.26. The normalized spacial score (nSPS) is 13.7. The smallest absolute Gasteiger partial charge is 0.256 e. The average Bonchev–Trinajstić information content (AvgIpc) is 2.51. The summed E-state index contributed by atoms with van der Waals surface area (Å²) >= 11 is 0. The molecule has 0 aromatic heterocycles. The second kappa shape index (κ2) is 8.79. The van der Waals surface area contributed by atoms with E-state index >= 15 is 0 Å². The van der Waals surface area contributed by atoms with E-state index in [0.29, 0.717) is 25.6 Å². The first-order valence-corrected chi connectivity index (χ1v) is 8.09. The maximum absolute atomic E-state index is 12.4. The molecule has 1 amide bonds. The lowest BCUT2D eigenvalue weighted by Crippen LogP contribution is -2.42. The van der Waals surface area contributed by atoms with Gasteiger partial charge in [0.2, 0.25) is 0 Å². The van der Waals surface area contributed by atoms with Gasteiger partial charge < -0.3 is 14.8 Å². The minimum atomic E-state index is -0.789. The summed E-state index contributed by atoms with van der Waals surface area (Å²) in [6.07, 6.45) is 1.53. The van der Waals surface area contributed by atoms with E-state index in [1.165, 1.54) is 0 Å². The number of rotatable bonds is 9. The number of benzene rings is 1. The van der Waals surface area contributed by atoms with E-state index < -0.39 is 5.60 Å². The average molecular weight is 307 g/mol. The highest BCUT2D eigenvalue weighted by Gasteiger charge is 2.32. The van der Waals surface area contributed by atoms with E-state index in [-0.39, 0.29) is 5.91 Å². The SMILES string of the molecule is CCCO[C@](C)(CC)C(=O)Nc1ccc(OCC(C)C)cc1. The maximum Gasteiger partial charge on any atom is 0.256 e. The quantitative estimate of drug-likeness (QED) is 0.741. The fraction of sp³-hybridized carbons (Fsp3) is 0.611. The van der Waals surface area contributed by atoms with Crippen molar-refractivity contribution in [3.8, 4) is 5.75 Å². The third-order valence-electron chi connectivity index (χ3n) is 3.48. The Morgan fingerprint density at radius 2 is 1.86 bits per heavy atom. The highest BCUT2D eigenvalue weighted by Crippen LogP contribution is 2.21. The molecule has 0 radical (unpaired) electrons. The molecule has 1 aromatic carbocycles. The van der Waals surface area contributed by atoms with E-state index in [2.05, 4.69) is 19.2 Å². The van der Waals surface area contributed by atoms with Gasteiger partial charge in [0.25, 0.3) is 5.91 Å². The zero-order valence-electron chi connectivity index (χ0n) is 14.4. The Balaban J connectivity index is 2.63. The van der Waals surface area contributed by atoms with E-state index in [1.54, 1.807) is 0 Å². The van der Waals surface area contributed by atoms with Crippen LogP contribution >= 0.6 is 0 Å². The summed E-state index contributed by atoms with van der Waals surface area (Å²) < 4.78 is 11.3. The van der Waals surface area contributed by atoms with Crippen molar-refractivity contribution < 1.29 is 14.3 Å². The molecule has 0 saturated carbocycles. The lowest BCUT2D eigenvalue weighted by atomic mass is 10.0. The number of carbonyl (C=O) groups is 1. The van der Waals surface area contributed by atoms with Gasteiger partial charge in [0, 0.05) is 12.3 Å². The Bertz CT molecular complexity index is 456. The number of carbonyl (C=O) groups excluding carboxylic acids is 1. The van der Waals surface area contributed by atoms with Crippen molar-refractivity contribution in [1.29, 1.82) is 0 Å². The van der Waals surface area contributed by atoms with Crippen LogP contribution in [0, 0.1) is 5.92 Å². The van der Waals surface area contributed by atoms with Gasteiger partial charge in [0.1, 0.15) is 11.4 Å². The van der Waals surface area contributed by atoms with Crippen molar-refractivity contribution >= 4 is 11.6 Å². The van der Waals surface area contributed by atoms with Crippen LogP contribution in [0.1, 0.15) is 47.5 Å². The summed E-state index contributed by atoms with van der Waals surface area (Å²) in [4.78, 5) is 12.4. The van der Waals surface area contributed by atoms with E-state index in [9.17, 15) is 4.79 Å². The summed E-state index contributed by atoms with van der Waals surface area (Å²) in [6.45, 7) is 11.3. The molecule has 0 aliphatic rings. The minimum absolute atomic E-state index is 0.112.